The van der Waals surface area contributed by atoms with Crippen LogP contribution in [0.3, 0.4) is 0 Å². The van der Waals surface area contributed by atoms with Crippen LogP contribution in [-0.4, -0.2) is 0 Å². The van der Waals surface area contributed by atoms with E-state index in [0.717, 1.165) is 29.9 Å². The largest absolute Gasteiger partial charge is 0.206 e. The number of unbranched alkanes of at least 4 members (excludes halogenated alkanes) is 2. The summed E-state index contributed by atoms with van der Waals surface area (Å²) in [6, 6.07) is 16.0. The molecule has 37 heavy (non-hydrogen) atoms. The quantitative estimate of drug-likeness (QED) is 0.190. The van der Waals surface area contributed by atoms with Gasteiger partial charge in [0.15, 0.2) is 11.6 Å². The van der Waals surface area contributed by atoms with Gasteiger partial charge >= 0.3 is 0 Å². The molecule has 1 saturated carbocycles. The van der Waals surface area contributed by atoms with Crippen molar-refractivity contribution in [3.05, 3.63) is 95.3 Å². The van der Waals surface area contributed by atoms with Crippen molar-refractivity contribution in [2.75, 3.05) is 0 Å². The first-order valence-corrected chi connectivity index (χ1v) is 14.0. The first-order valence-electron chi connectivity index (χ1n) is 14.0. The SMILES string of the molecule is CC=CCCc1ccc(-c2ccc(-c3ccc(C4CCC(CCCCC)CC4)cc3F)cc2)c(F)c1F. The first kappa shape index (κ1) is 27.2. The zero-order chi connectivity index (χ0) is 26.2. The summed E-state index contributed by atoms with van der Waals surface area (Å²) >= 11 is 0. The second kappa shape index (κ2) is 13.1. The lowest BCUT2D eigenvalue weighted by Gasteiger charge is -2.29. The summed E-state index contributed by atoms with van der Waals surface area (Å²) in [6.07, 6.45) is 15.0. The third-order valence-corrected chi connectivity index (χ3v) is 8.01. The number of aryl methyl sites for hydroxylation is 1. The van der Waals surface area contributed by atoms with Gasteiger partial charge < -0.3 is 0 Å². The summed E-state index contributed by atoms with van der Waals surface area (Å²) in [6.45, 7) is 4.15. The Labute approximate surface area is 220 Å². The maximum absolute atomic E-state index is 15.2. The van der Waals surface area contributed by atoms with E-state index in [-0.39, 0.29) is 11.4 Å². The number of benzene rings is 3. The molecule has 3 aromatic carbocycles. The van der Waals surface area contributed by atoms with Crippen LogP contribution in [0.15, 0.2) is 66.7 Å². The lowest BCUT2D eigenvalue weighted by atomic mass is 9.77. The molecule has 0 heterocycles. The molecule has 1 aliphatic carbocycles. The molecular weight excluding hydrogens is 465 g/mol. The van der Waals surface area contributed by atoms with Crippen molar-refractivity contribution in [3.8, 4) is 22.3 Å². The molecule has 0 amide bonds. The van der Waals surface area contributed by atoms with E-state index in [0.29, 0.717) is 35.4 Å². The van der Waals surface area contributed by atoms with Gasteiger partial charge in [0.05, 0.1) is 0 Å². The zero-order valence-corrected chi connectivity index (χ0v) is 22.2. The van der Waals surface area contributed by atoms with Gasteiger partial charge in [-0.3, -0.25) is 0 Å². The molecular formula is C34H39F3. The molecule has 3 aromatic rings. The highest BCUT2D eigenvalue weighted by Crippen LogP contribution is 2.39. The molecule has 1 aliphatic rings. The molecule has 3 heteroatoms. The van der Waals surface area contributed by atoms with Gasteiger partial charge in [0.2, 0.25) is 0 Å². The molecule has 0 unspecified atom stereocenters. The Morgan fingerprint density at radius 3 is 2.11 bits per heavy atom. The van der Waals surface area contributed by atoms with Gasteiger partial charge in [-0.05, 0) is 85.6 Å². The molecule has 196 valence electrons. The number of allylic oxidation sites excluding steroid dienone is 2. The molecule has 0 aliphatic heterocycles. The van der Waals surface area contributed by atoms with Crippen LogP contribution < -0.4 is 0 Å². The van der Waals surface area contributed by atoms with Crippen molar-refractivity contribution in [1.82, 2.24) is 0 Å². The van der Waals surface area contributed by atoms with Gasteiger partial charge in [0, 0.05) is 11.1 Å². The van der Waals surface area contributed by atoms with Crippen molar-refractivity contribution in [3.63, 3.8) is 0 Å². The van der Waals surface area contributed by atoms with Gasteiger partial charge in [-0.1, -0.05) is 93.3 Å². The van der Waals surface area contributed by atoms with Crippen molar-refractivity contribution in [1.29, 1.82) is 0 Å². The number of rotatable bonds is 10. The standard InChI is InChI=1S/C34H39F3/c1-3-5-7-9-24-11-13-25(14-12-24)29-20-21-30(32(35)23-29)26-15-17-27(18-16-26)31-22-19-28(10-8-6-4-2)33(36)34(31)37/h4,6,15-25H,3,5,7-14H2,1-2H3. The maximum atomic E-state index is 15.2. The average Bonchev–Trinajstić information content (AvgIpc) is 2.92. The average molecular weight is 505 g/mol. The summed E-state index contributed by atoms with van der Waals surface area (Å²) in [5, 5.41) is 0. The van der Waals surface area contributed by atoms with Gasteiger partial charge in [-0.15, -0.1) is 0 Å². The Balaban J connectivity index is 1.43. The van der Waals surface area contributed by atoms with Crippen LogP contribution in [0.25, 0.3) is 22.3 Å². The van der Waals surface area contributed by atoms with Crippen molar-refractivity contribution in [2.24, 2.45) is 5.92 Å². The van der Waals surface area contributed by atoms with Crippen LogP contribution in [0, 0.1) is 23.4 Å². The maximum Gasteiger partial charge on any atom is 0.166 e. The van der Waals surface area contributed by atoms with Crippen molar-refractivity contribution in [2.45, 2.75) is 84.0 Å². The topological polar surface area (TPSA) is 0 Å². The third-order valence-electron chi connectivity index (χ3n) is 8.01. The van der Waals surface area contributed by atoms with Crippen LogP contribution >= 0.6 is 0 Å². The smallest absolute Gasteiger partial charge is 0.166 e. The Morgan fingerprint density at radius 1 is 0.784 bits per heavy atom. The Bertz CT molecular complexity index is 1180. The molecule has 0 atom stereocenters. The molecule has 0 radical (unpaired) electrons. The molecule has 1 fully saturated rings. The van der Waals surface area contributed by atoms with Crippen LogP contribution in [0.4, 0.5) is 13.2 Å². The monoisotopic (exact) mass is 504 g/mol. The fourth-order valence-corrected chi connectivity index (χ4v) is 5.73. The first-order chi connectivity index (χ1) is 18.0. The minimum atomic E-state index is -0.832. The highest BCUT2D eigenvalue weighted by Gasteiger charge is 2.23. The van der Waals surface area contributed by atoms with Crippen LogP contribution in [0.1, 0.15) is 88.7 Å². The van der Waals surface area contributed by atoms with Gasteiger partial charge in [-0.2, -0.15) is 0 Å². The lowest BCUT2D eigenvalue weighted by molar-refractivity contribution is 0.302. The van der Waals surface area contributed by atoms with E-state index in [9.17, 15) is 8.78 Å². The predicted octanol–water partition coefficient (Wildman–Crippen LogP) is 10.8. The summed E-state index contributed by atoms with van der Waals surface area (Å²) in [7, 11) is 0. The van der Waals surface area contributed by atoms with E-state index in [2.05, 4.69) is 13.0 Å². The Kier molecular flexibility index (Phi) is 9.66. The van der Waals surface area contributed by atoms with Gasteiger partial charge in [0.25, 0.3) is 0 Å². The normalized spacial score (nSPS) is 18.0. The molecule has 0 nitrogen and oxygen atoms in total. The van der Waals surface area contributed by atoms with E-state index in [1.807, 2.05) is 25.1 Å². The minimum absolute atomic E-state index is 0.222. The molecule has 0 N–H and O–H groups in total. The minimum Gasteiger partial charge on any atom is -0.206 e. The molecule has 4 rings (SSSR count). The second-order valence-electron chi connectivity index (χ2n) is 10.5. The Hall–Kier alpha value is -2.81. The van der Waals surface area contributed by atoms with Gasteiger partial charge in [0.1, 0.15) is 5.82 Å². The number of hydrogen-bond donors (Lipinski definition) is 0. The Morgan fingerprint density at radius 2 is 1.46 bits per heavy atom. The molecule has 0 spiro atoms. The number of hydrogen-bond acceptors (Lipinski definition) is 0. The fraction of sp³-hybridized carbons (Fsp3) is 0.412. The summed E-state index contributed by atoms with van der Waals surface area (Å²) in [5.74, 6) is -0.576. The second-order valence-corrected chi connectivity index (χ2v) is 10.5. The van der Waals surface area contributed by atoms with E-state index < -0.39 is 11.6 Å². The van der Waals surface area contributed by atoms with Crippen molar-refractivity contribution >= 4 is 0 Å². The van der Waals surface area contributed by atoms with E-state index in [4.69, 9.17) is 0 Å². The van der Waals surface area contributed by atoms with Crippen LogP contribution in [-0.2, 0) is 6.42 Å². The van der Waals surface area contributed by atoms with Crippen LogP contribution in [0.5, 0.6) is 0 Å². The van der Waals surface area contributed by atoms with E-state index in [1.54, 1.807) is 42.5 Å². The zero-order valence-electron chi connectivity index (χ0n) is 22.2. The highest BCUT2D eigenvalue weighted by atomic mass is 19.2. The summed E-state index contributed by atoms with van der Waals surface area (Å²) in [4.78, 5) is 0. The third kappa shape index (κ3) is 6.74. The van der Waals surface area contributed by atoms with E-state index in [1.165, 1.54) is 38.5 Å². The van der Waals surface area contributed by atoms with E-state index >= 15 is 4.39 Å². The molecule has 0 saturated heterocycles. The summed E-state index contributed by atoms with van der Waals surface area (Å²) in [5.41, 5.74) is 3.54. The fourth-order valence-electron chi connectivity index (χ4n) is 5.73. The van der Waals surface area contributed by atoms with Gasteiger partial charge in [-0.25, -0.2) is 13.2 Å². The molecule has 0 aromatic heterocycles. The highest BCUT2D eigenvalue weighted by molar-refractivity contribution is 5.71. The van der Waals surface area contributed by atoms with Crippen molar-refractivity contribution < 1.29 is 13.2 Å². The molecule has 0 bridgehead atoms. The lowest BCUT2D eigenvalue weighted by Crippen LogP contribution is -2.13. The predicted molar refractivity (Wildman–Crippen MR) is 149 cm³/mol. The summed E-state index contributed by atoms with van der Waals surface area (Å²) < 4.78 is 44.6. The van der Waals surface area contributed by atoms with Crippen LogP contribution in [0.2, 0.25) is 0 Å². The number of halogens is 3.